The van der Waals surface area contributed by atoms with Gasteiger partial charge in [-0.3, -0.25) is 0 Å². The average Bonchev–Trinajstić information content (AvgIpc) is 1.97. The first-order valence-electron chi connectivity index (χ1n) is 3.40. The van der Waals surface area contributed by atoms with Crippen molar-refractivity contribution >= 4 is 11.6 Å². The van der Waals surface area contributed by atoms with Gasteiger partial charge in [-0.1, -0.05) is 0 Å². The number of aryl methyl sites for hydroxylation is 1. The lowest BCUT2D eigenvalue weighted by Crippen LogP contribution is -2.32. The van der Waals surface area contributed by atoms with E-state index in [9.17, 15) is 5.21 Å². The van der Waals surface area contributed by atoms with Gasteiger partial charge in [0.2, 0.25) is 0 Å². The molecule has 0 aliphatic carbocycles. The predicted molar refractivity (Wildman–Crippen MR) is 44.6 cm³/mol. The number of rotatable bonds is 0. The minimum atomic E-state index is 0.241. The van der Waals surface area contributed by atoms with Crippen molar-refractivity contribution in [3.05, 3.63) is 33.2 Å². The minimum absolute atomic E-state index is 0.241. The van der Waals surface area contributed by atoms with E-state index in [1.807, 2.05) is 13.8 Å². The van der Waals surface area contributed by atoms with Crippen LogP contribution >= 0.6 is 11.6 Å². The summed E-state index contributed by atoms with van der Waals surface area (Å²) < 4.78 is 0.740. The Morgan fingerprint density at radius 2 is 1.91 bits per heavy atom. The van der Waals surface area contributed by atoms with Crippen molar-refractivity contribution < 1.29 is 4.73 Å². The standard InChI is InChI=1S/C8H10ClNO/c1-5-4-8(9)10(11)7(3)6(5)2/h4H,1-3H3. The molecule has 0 bridgehead atoms. The van der Waals surface area contributed by atoms with Crippen molar-refractivity contribution in [2.45, 2.75) is 20.8 Å². The maximum atomic E-state index is 11.1. The molecule has 11 heavy (non-hydrogen) atoms. The Labute approximate surface area is 71.0 Å². The Balaban J connectivity index is 3.46. The van der Waals surface area contributed by atoms with E-state index in [2.05, 4.69) is 0 Å². The van der Waals surface area contributed by atoms with E-state index < -0.39 is 0 Å². The number of aromatic nitrogens is 1. The molecule has 0 aliphatic rings. The van der Waals surface area contributed by atoms with Crippen LogP contribution in [0.25, 0.3) is 0 Å². The lowest BCUT2D eigenvalue weighted by atomic mass is 10.1. The maximum Gasteiger partial charge on any atom is 0.286 e. The molecule has 0 atom stereocenters. The summed E-state index contributed by atoms with van der Waals surface area (Å²) in [4.78, 5) is 0. The quantitative estimate of drug-likeness (QED) is 0.333. The van der Waals surface area contributed by atoms with Gasteiger partial charge >= 0.3 is 0 Å². The van der Waals surface area contributed by atoms with Crippen LogP contribution in [0.3, 0.4) is 0 Å². The van der Waals surface area contributed by atoms with Crippen molar-refractivity contribution in [1.29, 1.82) is 0 Å². The number of hydrogen-bond donors (Lipinski definition) is 0. The largest absolute Gasteiger partial charge is 0.617 e. The van der Waals surface area contributed by atoms with Gasteiger partial charge in [-0.05, 0) is 31.0 Å². The normalized spacial score (nSPS) is 10.2. The summed E-state index contributed by atoms with van der Waals surface area (Å²) in [6.45, 7) is 5.62. The fraction of sp³-hybridized carbons (Fsp3) is 0.375. The molecule has 60 valence electrons. The van der Waals surface area contributed by atoms with E-state index in [1.54, 1.807) is 13.0 Å². The van der Waals surface area contributed by atoms with Crippen LogP contribution in [0.15, 0.2) is 6.07 Å². The molecule has 0 aromatic carbocycles. The highest BCUT2D eigenvalue weighted by molar-refractivity contribution is 6.28. The summed E-state index contributed by atoms with van der Waals surface area (Å²) in [5.41, 5.74) is 2.74. The Hall–Kier alpha value is -0.760. The second-order valence-corrected chi connectivity index (χ2v) is 3.04. The van der Waals surface area contributed by atoms with E-state index >= 15 is 0 Å². The third-order valence-corrected chi connectivity index (χ3v) is 2.23. The van der Waals surface area contributed by atoms with Crippen molar-refractivity contribution in [2.75, 3.05) is 0 Å². The monoisotopic (exact) mass is 171 g/mol. The number of pyridine rings is 1. The van der Waals surface area contributed by atoms with Crippen molar-refractivity contribution in [3.8, 4) is 0 Å². The van der Waals surface area contributed by atoms with Crippen LogP contribution in [0, 0.1) is 26.0 Å². The van der Waals surface area contributed by atoms with Crippen molar-refractivity contribution in [3.63, 3.8) is 0 Å². The SMILES string of the molecule is Cc1cc(Cl)[n+]([O-])c(C)c1C. The van der Waals surface area contributed by atoms with Crippen LogP contribution in [0.1, 0.15) is 16.8 Å². The second-order valence-electron chi connectivity index (χ2n) is 2.65. The fourth-order valence-electron chi connectivity index (χ4n) is 0.943. The van der Waals surface area contributed by atoms with Gasteiger partial charge in [-0.2, -0.15) is 4.73 Å². The summed E-state index contributed by atoms with van der Waals surface area (Å²) in [5, 5.41) is 11.4. The van der Waals surface area contributed by atoms with Gasteiger partial charge in [0.15, 0.2) is 5.69 Å². The molecule has 1 rings (SSSR count). The van der Waals surface area contributed by atoms with E-state index in [1.165, 1.54) is 0 Å². The summed E-state index contributed by atoms with van der Waals surface area (Å²) >= 11 is 5.64. The molecule has 0 N–H and O–H groups in total. The van der Waals surface area contributed by atoms with Crippen molar-refractivity contribution in [2.24, 2.45) is 0 Å². The molecule has 1 aromatic rings. The predicted octanol–water partition coefficient (Wildman–Crippen LogP) is 1.90. The van der Waals surface area contributed by atoms with Crippen LogP contribution in [0.4, 0.5) is 0 Å². The molecule has 1 heterocycles. The molecule has 0 amide bonds. The first-order chi connectivity index (χ1) is 5.04. The highest BCUT2D eigenvalue weighted by Gasteiger charge is 2.10. The molecule has 0 aliphatic heterocycles. The number of hydrogen-bond acceptors (Lipinski definition) is 1. The zero-order chi connectivity index (χ0) is 8.59. The summed E-state index contributed by atoms with van der Waals surface area (Å²) in [5.74, 6) is 0. The highest BCUT2D eigenvalue weighted by Crippen LogP contribution is 2.12. The minimum Gasteiger partial charge on any atom is -0.617 e. The van der Waals surface area contributed by atoms with Gasteiger partial charge in [0, 0.05) is 18.6 Å². The van der Waals surface area contributed by atoms with Gasteiger partial charge in [0.25, 0.3) is 5.15 Å². The zero-order valence-corrected chi connectivity index (χ0v) is 7.57. The Morgan fingerprint density at radius 1 is 1.36 bits per heavy atom. The molecule has 0 fully saturated rings. The van der Waals surface area contributed by atoms with E-state index in [0.717, 1.165) is 15.9 Å². The van der Waals surface area contributed by atoms with Crippen LogP contribution in [-0.4, -0.2) is 0 Å². The molecule has 0 spiro atoms. The highest BCUT2D eigenvalue weighted by atomic mass is 35.5. The van der Waals surface area contributed by atoms with Gasteiger partial charge in [0.1, 0.15) is 0 Å². The zero-order valence-electron chi connectivity index (χ0n) is 6.81. The lowest BCUT2D eigenvalue weighted by molar-refractivity contribution is -0.610. The van der Waals surface area contributed by atoms with Crippen LogP contribution in [0.5, 0.6) is 0 Å². The molecular formula is C8H10ClNO. The van der Waals surface area contributed by atoms with Gasteiger partial charge in [-0.25, -0.2) is 0 Å². The van der Waals surface area contributed by atoms with E-state index in [-0.39, 0.29) is 5.15 Å². The number of nitrogens with zero attached hydrogens (tertiary/aromatic N) is 1. The lowest BCUT2D eigenvalue weighted by Gasteiger charge is -2.06. The molecular weight excluding hydrogens is 162 g/mol. The Kier molecular flexibility index (Phi) is 2.05. The molecule has 0 radical (unpaired) electrons. The third kappa shape index (κ3) is 1.31. The van der Waals surface area contributed by atoms with Gasteiger partial charge < -0.3 is 5.21 Å². The molecule has 3 heteroatoms. The maximum absolute atomic E-state index is 11.1. The molecule has 0 saturated heterocycles. The average molecular weight is 172 g/mol. The molecule has 0 unspecified atom stereocenters. The summed E-state index contributed by atoms with van der Waals surface area (Å²) in [6.07, 6.45) is 0. The molecule has 0 saturated carbocycles. The fourth-order valence-corrected chi connectivity index (χ4v) is 1.23. The van der Waals surface area contributed by atoms with Gasteiger partial charge in [0.05, 0.1) is 0 Å². The van der Waals surface area contributed by atoms with Crippen LogP contribution < -0.4 is 4.73 Å². The van der Waals surface area contributed by atoms with Crippen LogP contribution in [0.2, 0.25) is 5.15 Å². The van der Waals surface area contributed by atoms with E-state index in [4.69, 9.17) is 11.6 Å². The Bertz CT molecular complexity index is 270. The van der Waals surface area contributed by atoms with Crippen LogP contribution in [-0.2, 0) is 0 Å². The van der Waals surface area contributed by atoms with Crippen molar-refractivity contribution in [1.82, 2.24) is 0 Å². The second kappa shape index (κ2) is 2.70. The molecule has 1 aromatic heterocycles. The van der Waals surface area contributed by atoms with Gasteiger partial charge in [-0.15, -0.1) is 0 Å². The number of halogens is 1. The smallest absolute Gasteiger partial charge is 0.286 e. The summed E-state index contributed by atoms with van der Waals surface area (Å²) in [7, 11) is 0. The summed E-state index contributed by atoms with van der Waals surface area (Å²) in [6, 6.07) is 1.68. The van der Waals surface area contributed by atoms with E-state index in [0.29, 0.717) is 5.69 Å². The molecule has 2 nitrogen and oxygen atoms in total. The third-order valence-electron chi connectivity index (χ3n) is 1.97. The first-order valence-corrected chi connectivity index (χ1v) is 3.77. The Morgan fingerprint density at radius 3 is 2.45 bits per heavy atom. The first kappa shape index (κ1) is 8.34. The topological polar surface area (TPSA) is 26.9 Å².